The average molecular weight is 343 g/mol. The Morgan fingerprint density at radius 3 is 2.86 bits per heavy atom. The molecule has 6 heteroatoms. The molecule has 0 aliphatic carbocycles. The van der Waals surface area contributed by atoms with Crippen LogP contribution in [-0.2, 0) is 11.2 Å². The van der Waals surface area contributed by atoms with Gasteiger partial charge in [-0.25, -0.2) is 4.79 Å². The Morgan fingerprint density at radius 2 is 2.19 bits per heavy atom. The fourth-order valence-electron chi connectivity index (χ4n) is 1.72. The lowest BCUT2D eigenvalue weighted by Gasteiger charge is -2.11. The topological polar surface area (TPSA) is 46.5 Å². The van der Waals surface area contributed by atoms with Crippen LogP contribution in [0.5, 0.6) is 5.75 Å². The summed E-state index contributed by atoms with van der Waals surface area (Å²) >= 11 is 13.7. The molecule has 0 saturated carbocycles. The molecule has 0 aliphatic heterocycles. The summed E-state index contributed by atoms with van der Waals surface area (Å²) in [5.74, 6) is -0.607. The van der Waals surface area contributed by atoms with Crippen LogP contribution in [0.4, 0.5) is 0 Å². The molecule has 2 rings (SSSR count). The van der Waals surface area contributed by atoms with Gasteiger partial charge in [0.1, 0.15) is 5.75 Å². The molecule has 0 bridgehead atoms. The van der Waals surface area contributed by atoms with Crippen molar-refractivity contribution in [2.45, 2.75) is 6.42 Å². The number of carboxylic acid groups (broad SMARTS) is 1. The highest BCUT2D eigenvalue weighted by Crippen LogP contribution is 2.33. The average Bonchev–Trinajstić information content (AvgIpc) is 2.92. The second-order valence-corrected chi connectivity index (χ2v) is 5.83. The zero-order valence-corrected chi connectivity index (χ0v) is 13.2. The molecule has 3 nitrogen and oxygen atoms in total. The molecule has 110 valence electrons. The summed E-state index contributed by atoms with van der Waals surface area (Å²) in [6.45, 7) is 0.450. The first-order valence-electron chi connectivity index (χ1n) is 6.10. The lowest BCUT2D eigenvalue weighted by molar-refractivity contribution is -0.131. The number of rotatable bonds is 6. The van der Waals surface area contributed by atoms with E-state index in [2.05, 4.69) is 5.38 Å². The van der Waals surface area contributed by atoms with Crippen molar-refractivity contribution < 1.29 is 14.6 Å². The van der Waals surface area contributed by atoms with Crippen molar-refractivity contribution in [2.75, 3.05) is 6.61 Å². The number of thiophene rings is 1. The molecule has 0 radical (unpaired) electrons. The van der Waals surface area contributed by atoms with Crippen LogP contribution in [0.3, 0.4) is 0 Å². The monoisotopic (exact) mass is 342 g/mol. The fraction of sp³-hybridized carbons (Fsp3) is 0.133. The summed E-state index contributed by atoms with van der Waals surface area (Å²) in [5, 5.41) is 13.6. The molecular formula is C15H12Cl2O3S. The first kappa shape index (κ1) is 15.9. The van der Waals surface area contributed by atoms with E-state index in [1.165, 1.54) is 11.6 Å². The third-order valence-electron chi connectivity index (χ3n) is 2.66. The van der Waals surface area contributed by atoms with Crippen LogP contribution in [0.1, 0.15) is 11.1 Å². The summed E-state index contributed by atoms with van der Waals surface area (Å²) in [6.07, 6.45) is 3.19. The maximum atomic E-state index is 10.6. The summed E-state index contributed by atoms with van der Waals surface area (Å²) < 4.78 is 5.70. The number of carbonyl (C=O) groups is 1. The molecule has 0 saturated heterocycles. The number of aliphatic carboxylic acids is 1. The minimum absolute atomic E-state index is 0.359. The van der Waals surface area contributed by atoms with Crippen LogP contribution in [0.25, 0.3) is 6.08 Å². The van der Waals surface area contributed by atoms with Crippen molar-refractivity contribution in [1.29, 1.82) is 0 Å². The Labute approximate surface area is 136 Å². The van der Waals surface area contributed by atoms with E-state index < -0.39 is 5.97 Å². The second-order valence-electron chi connectivity index (χ2n) is 4.21. The maximum Gasteiger partial charge on any atom is 0.328 e. The van der Waals surface area contributed by atoms with Gasteiger partial charge in [0.25, 0.3) is 0 Å². The molecule has 0 unspecified atom stereocenters. The SMILES string of the molecule is O=C(O)C=Cc1cc(Cl)cc(Cl)c1OCCc1ccsc1. The number of ether oxygens (including phenoxy) is 1. The molecule has 1 aromatic carbocycles. The quantitative estimate of drug-likeness (QED) is 0.768. The number of carboxylic acids is 1. The molecule has 0 atom stereocenters. The van der Waals surface area contributed by atoms with Crippen LogP contribution in [-0.4, -0.2) is 17.7 Å². The van der Waals surface area contributed by atoms with Gasteiger partial charge in [0.15, 0.2) is 0 Å². The third-order valence-corrected chi connectivity index (χ3v) is 3.89. The number of hydrogen-bond donors (Lipinski definition) is 1. The molecule has 21 heavy (non-hydrogen) atoms. The van der Waals surface area contributed by atoms with E-state index in [9.17, 15) is 4.79 Å². The van der Waals surface area contributed by atoms with Gasteiger partial charge in [0, 0.05) is 23.1 Å². The molecule has 0 amide bonds. The summed E-state index contributed by atoms with van der Waals surface area (Å²) in [5.41, 5.74) is 1.73. The highest BCUT2D eigenvalue weighted by atomic mass is 35.5. The van der Waals surface area contributed by atoms with E-state index >= 15 is 0 Å². The largest absolute Gasteiger partial charge is 0.491 e. The molecule has 0 aliphatic rings. The van der Waals surface area contributed by atoms with Crippen molar-refractivity contribution in [1.82, 2.24) is 0 Å². The van der Waals surface area contributed by atoms with Gasteiger partial charge < -0.3 is 9.84 Å². The van der Waals surface area contributed by atoms with Crippen molar-refractivity contribution >= 4 is 46.6 Å². The highest BCUT2D eigenvalue weighted by molar-refractivity contribution is 7.07. The lowest BCUT2D eigenvalue weighted by Crippen LogP contribution is -2.02. The van der Waals surface area contributed by atoms with Gasteiger partial charge in [0.05, 0.1) is 11.6 Å². The lowest BCUT2D eigenvalue weighted by atomic mass is 10.2. The van der Waals surface area contributed by atoms with Crippen LogP contribution >= 0.6 is 34.5 Å². The van der Waals surface area contributed by atoms with Gasteiger partial charge in [0.2, 0.25) is 0 Å². The van der Waals surface area contributed by atoms with Crippen LogP contribution in [0, 0.1) is 0 Å². The van der Waals surface area contributed by atoms with Crippen LogP contribution in [0.15, 0.2) is 35.0 Å². The number of hydrogen-bond acceptors (Lipinski definition) is 3. The van der Waals surface area contributed by atoms with Crippen molar-refractivity contribution in [2.24, 2.45) is 0 Å². The molecule has 0 fully saturated rings. The fourth-order valence-corrected chi connectivity index (χ4v) is 2.99. The van der Waals surface area contributed by atoms with Crippen molar-refractivity contribution in [3.8, 4) is 5.75 Å². The zero-order chi connectivity index (χ0) is 15.2. The third kappa shape index (κ3) is 4.77. The van der Waals surface area contributed by atoms with Gasteiger partial charge in [-0.1, -0.05) is 23.2 Å². The Kier molecular flexibility index (Phi) is 5.67. The van der Waals surface area contributed by atoms with Crippen LogP contribution in [0.2, 0.25) is 10.0 Å². The summed E-state index contributed by atoms with van der Waals surface area (Å²) in [7, 11) is 0. The summed E-state index contributed by atoms with van der Waals surface area (Å²) in [4.78, 5) is 10.6. The molecule has 0 spiro atoms. The Hall–Kier alpha value is -1.49. The normalized spacial score (nSPS) is 11.0. The first-order valence-corrected chi connectivity index (χ1v) is 7.80. The van der Waals surface area contributed by atoms with Gasteiger partial charge >= 0.3 is 5.97 Å². The molecular weight excluding hydrogens is 331 g/mol. The standard InChI is InChI=1S/C15H12Cl2O3S/c16-12-7-11(1-2-14(18)19)15(13(17)8-12)20-5-3-10-4-6-21-9-10/h1-2,4,6-9H,3,5H2,(H,18,19). The van der Waals surface area contributed by atoms with E-state index in [4.69, 9.17) is 33.0 Å². The molecule has 1 aromatic heterocycles. The van der Waals surface area contributed by atoms with Crippen molar-refractivity contribution in [3.05, 3.63) is 56.2 Å². The van der Waals surface area contributed by atoms with E-state index in [0.29, 0.717) is 28.0 Å². The number of halogens is 2. The van der Waals surface area contributed by atoms with Crippen molar-refractivity contribution in [3.63, 3.8) is 0 Å². The van der Waals surface area contributed by atoms with Gasteiger partial charge in [-0.3, -0.25) is 0 Å². The van der Waals surface area contributed by atoms with E-state index in [0.717, 1.165) is 12.5 Å². The Morgan fingerprint density at radius 1 is 1.38 bits per heavy atom. The highest BCUT2D eigenvalue weighted by Gasteiger charge is 2.09. The summed E-state index contributed by atoms with van der Waals surface area (Å²) in [6, 6.07) is 5.22. The van der Waals surface area contributed by atoms with E-state index in [1.807, 2.05) is 11.4 Å². The predicted octanol–water partition coefficient (Wildman–Crippen LogP) is 4.77. The first-order chi connectivity index (χ1) is 10.1. The molecule has 2 aromatic rings. The second kappa shape index (κ2) is 7.50. The minimum atomic E-state index is -1.05. The van der Waals surface area contributed by atoms with Gasteiger partial charge in [-0.15, -0.1) is 0 Å². The smallest absolute Gasteiger partial charge is 0.328 e. The molecule has 1 heterocycles. The van der Waals surface area contributed by atoms with Gasteiger partial charge in [-0.05, 0) is 40.6 Å². The maximum absolute atomic E-state index is 10.6. The van der Waals surface area contributed by atoms with Crippen LogP contribution < -0.4 is 4.74 Å². The van der Waals surface area contributed by atoms with E-state index in [-0.39, 0.29) is 0 Å². The van der Waals surface area contributed by atoms with Gasteiger partial charge in [-0.2, -0.15) is 11.3 Å². The van der Waals surface area contributed by atoms with E-state index in [1.54, 1.807) is 23.5 Å². The minimum Gasteiger partial charge on any atom is -0.491 e. The molecule has 1 N–H and O–H groups in total. The Balaban J connectivity index is 2.14. The number of benzene rings is 1. The predicted molar refractivity (Wildman–Crippen MR) is 86.6 cm³/mol. The Bertz CT molecular complexity index is 651. The zero-order valence-electron chi connectivity index (χ0n) is 10.9.